The third-order valence-corrected chi connectivity index (χ3v) is 4.00. The van der Waals surface area contributed by atoms with Gasteiger partial charge in [-0.15, -0.1) is 0 Å². The van der Waals surface area contributed by atoms with Crippen LogP contribution in [0.2, 0.25) is 10.0 Å². The van der Waals surface area contributed by atoms with Gasteiger partial charge in [0.05, 0.1) is 21.1 Å². The van der Waals surface area contributed by atoms with Crippen molar-refractivity contribution in [3.63, 3.8) is 0 Å². The second-order valence-corrected chi connectivity index (χ2v) is 5.38. The summed E-state index contributed by atoms with van der Waals surface area (Å²) < 4.78 is 14.1. The summed E-state index contributed by atoms with van der Waals surface area (Å²) in [5.74, 6) is -2.08. The van der Waals surface area contributed by atoms with Crippen LogP contribution in [0.15, 0.2) is 18.2 Å². The minimum absolute atomic E-state index is 0.0335. The fraction of sp³-hybridized carbons (Fsp3) is 0.0714. The lowest BCUT2D eigenvalue weighted by Crippen LogP contribution is -1.90. The summed E-state index contributed by atoms with van der Waals surface area (Å²) in [7, 11) is 0. The van der Waals surface area contributed by atoms with Crippen molar-refractivity contribution in [1.29, 1.82) is 0 Å². The quantitative estimate of drug-likeness (QED) is 0.580. The second-order valence-electron chi connectivity index (χ2n) is 4.60. The lowest BCUT2D eigenvalue weighted by molar-refractivity contribution is 0.377. The third kappa shape index (κ3) is 2.09. The maximum atomic E-state index is 14.1. The molecular formula is C14H9Cl2FN2O2. The summed E-state index contributed by atoms with van der Waals surface area (Å²) in [6.07, 6.45) is 0. The highest BCUT2D eigenvalue weighted by molar-refractivity contribution is 6.44. The Labute approximate surface area is 128 Å². The van der Waals surface area contributed by atoms with Crippen molar-refractivity contribution in [2.24, 2.45) is 0 Å². The molecular weight excluding hydrogens is 318 g/mol. The van der Waals surface area contributed by atoms with Crippen LogP contribution >= 0.6 is 23.2 Å². The number of aryl methyl sites for hydroxylation is 1. The van der Waals surface area contributed by atoms with Crippen LogP contribution in [0, 0.1) is 12.7 Å². The summed E-state index contributed by atoms with van der Waals surface area (Å²) in [6, 6.07) is 4.66. The van der Waals surface area contributed by atoms with Crippen LogP contribution in [0.3, 0.4) is 0 Å². The minimum Gasteiger partial charge on any atom is -0.504 e. The van der Waals surface area contributed by atoms with Gasteiger partial charge in [-0.25, -0.2) is 9.37 Å². The number of hydrogen-bond acceptors (Lipinski definition) is 3. The number of benzene rings is 2. The van der Waals surface area contributed by atoms with Crippen molar-refractivity contribution in [3.05, 3.63) is 39.6 Å². The van der Waals surface area contributed by atoms with E-state index in [4.69, 9.17) is 23.2 Å². The van der Waals surface area contributed by atoms with Crippen molar-refractivity contribution >= 4 is 34.2 Å². The number of aromatic amines is 1. The molecule has 7 heteroatoms. The average molecular weight is 327 g/mol. The van der Waals surface area contributed by atoms with Crippen LogP contribution in [-0.2, 0) is 0 Å². The molecule has 0 radical (unpaired) electrons. The fourth-order valence-electron chi connectivity index (χ4n) is 2.08. The molecule has 108 valence electrons. The predicted octanol–water partition coefficient (Wildman–Crippen LogP) is 4.40. The third-order valence-electron chi connectivity index (χ3n) is 3.20. The Kier molecular flexibility index (Phi) is 3.19. The van der Waals surface area contributed by atoms with E-state index in [0.717, 1.165) is 0 Å². The maximum Gasteiger partial charge on any atom is 0.195 e. The molecule has 0 aliphatic rings. The maximum absolute atomic E-state index is 14.1. The normalized spacial score (nSPS) is 11.2. The number of rotatable bonds is 1. The van der Waals surface area contributed by atoms with Crippen molar-refractivity contribution in [3.8, 4) is 22.9 Å². The van der Waals surface area contributed by atoms with Crippen LogP contribution in [0.1, 0.15) is 5.56 Å². The molecule has 4 nitrogen and oxygen atoms in total. The standard InChI is InChI=1S/C14H9Cl2FN2O2/c1-5-4-6(10(17)13(21)12(5)20)14-18-8-3-2-7(15)9(16)11(8)19-14/h2-4,20-21H,1H3,(H,18,19). The number of H-pyrrole nitrogens is 1. The molecule has 0 saturated carbocycles. The van der Waals surface area contributed by atoms with Crippen molar-refractivity contribution in [1.82, 2.24) is 9.97 Å². The van der Waals surface area contributed by atoms with Crippen molar-refractivity contribution < 1.29 is 14.6 Å². The van der Waals surface area contributed by atoms with Gasteiger partial charge in [-0.05, 0) is 30.7 Å². The highest BCUT2D eigenvalue weighted by Crippen LogP contribution is 2.38. The number of aromatic nitrogens is 2. The van der Waals surface area contributed by atoms with Gasteiger partial charge in [0.2, 0.25) is 0 Å². The molecule has 1 heterocycles. The first-order valence-electron chi connectivity index (χ1n) is 5.95. The van der Waals surface area contributed by atoms with Crippen LogP contribution < -0.4 is 0 Å². The Hall–Kier alpha value is -1.98. The highest BCUT2D eigenvalue weighted by atomic mass is 35.5. The number of phenols is 2. The van der Waals surface area contributed by atoms with E-state index < -0.39 is 17.3 Å². The summed E-state index contributed by atoms with van der Waals surface area (Å²) in [5.41, 5.74) is 1.35. The van der Waals surface area contributed by atoms with Crippen molar-refractivity contribution in [2.45, 2.75) is 6.92 Å². The summed E-state index contributed by atoms with van der Waals surface area (Å²) >= 11 is 12.0. The minimum atomic E-state index is -0.959. The molecule has 2 aromatic carbocycles. The van der Waals surface area contributed by atoms with E-state index in [1.807, 2.05) is 0 Å². The molecule has 0 aliphatic carbocycles. The van der Waals surface area contributed by atoms with E-state index >= 15 is 0 Å². The second kappa shape index (κ2) is 4.79. The van der Waals surface area contributed by atoms with E-state index in [-0.39, 0.29) is 16.4 Å². The zero-order chi connectivity index (χ0) is 15.3. The van der Waals surface area contributed by atoms with Crippen LogP contribution in [0.5, 0.6) is 11.5 Å². The summed E-state index contributed by atoms with van der Waals surface area (Å²) in [5, 5.41) is 19.7. The number of hydrogen-bond donors (Lipinski definition) is 3. The van der Waals surface area contributed by atoms with Gasteiger partial charge in [-0.2, -0.15) is 0 Å². The molecule has 0 fully saturated rings. The number of phenolic OH excluding ortho intramolecular Hbond substituents is 2. The molecule has 0 bridgehead atoms. The van der Waals surface area contributed by atoms with Crippen molar-refractivity contribution in [2.75, 3.05) is 0 Å². The summed E-state index contributed by atoms with van der Waals surface area (Å²) in [6.45, 7) is 1.55. The number of halogens is 3. The Morgan fingerprint density at radius 3 is 2.62 bits per heavy atom. The molecule has 3 rings (SSSR count). The van der Waals surface area contributed by atoms with E-state index in [1.54, 1.807) is 19.1 Å². The number of aromatic hydroxyl groups is 2. The van der Waals surface area contributed by atoms with E-state index in [2.05, 4.69) is 9.97 Å². The van der Waals surface area contributed by atoms with Gasteiger partial charge in [-0.3, -0.25) is 0 Å². The van der Waals surface area contributed by atoms with Gasteiger partial charge in [0.25, 0.3) is 0 Å². The first-order chi connectivity index (χ1) is 9.90. The van der Waals surface area contributed by atoms with E-state index in [0.29, 0.717) is 21.6 Å². The van der Waals surface area contributed by atoms with Gasteiger partial charge in [0.15, 0.2) is 17.3 Å². The molecule has 0 unspecified atom stereocenters. The highest BCUT2D eigenvalue weighted by Gasteiger charge is 2.19. The molecule has 0 spiro atoms. The number of fused-ring (bicyclic) bond motifs is 1. The average Bonchev–Trinajstić information content (AvgIpc) is 2.89. The van der Waals surface area contributed by atoms with Gasteiger partial charge >= 0.3 is 0 Å². The van der Waals surface area contributed by atoms with Gasteiger partial charge < -0.3 is 15.2 Å². The Balaban J connectivity index is 2.29. The van der Waals surface area contributed by atoms with Crippen LogP contribution in [0.4, 0.5) is 4.39 Å². The first kappa shape index (κ1) is 14.0. The molecule has 0 saturated heterocycles. The number of nitrogens with one attached hydrogen (secondary N) is 1. The number of nitrogens with zero attached hydrogens (tertiary/aromatic N) is 1. The smallest absolute Gasteiger partial charge is 0.195 e. The zero-order valence-electron chi connectivity index (χ0n) is 10.7. The first-order valence-corrected chi connectivity index (χ1v) is 6.71. The topological polar surface area (TPSA) is 69.1 Å². The van der Waals surface area contributed by atoms with E-state index in [9.17, 15) is 14.6 Å². The van der Waals surface area contributed by atoms with E-state index in [1.165, 1.54) is 6.07 Å². The molecule has 21 heavy (non-hydrogen) atoms. The van der Waals surface area contributed by atoms with Crippen LogP contribution in [0.25, 0.3) is 22.4 Å². The molecule has 0 amide bonds. The Morgan fingerprint density at radius 1 is 1.19 bits per heavy atom. The lowest BCUT2D eigenvalue weighted by Gasteiger charge is -2.07. The van der Waals surface area contributed by atoms with Gasteiger partial charge in [0, 0.05) is 0 Å². The van der Waals surface area contributed by atoms with Crippen LogP contribution in [-0.4, -0.2) is 20.2 Å². The largest absolute Gasteiger partial charge is 0.504 e. The van der Waals surface area contributed by atoms with Gasteiger partial charge in [0.1, 0.15) is 11.3 Å². The SMILES string of the molecule is Cc1cc(-c2nc3c(Cl)c(Cl)ccc3[nH]2)c(F)c(O)c1O. The predicted molar refractivity (Wildman–Crippen MR) is 79.6 cm³/mol. The monoisotopic (exact) mass is 326 g/mol. The number of imidazole rings is 1. The molecule has 0 atom stereocenters. The molecule has 1 aromatic heterocycles. The Morgan fingerprint density at radius 2 is 1.90 bits per heavy atom. The zero-order valence-corrected chi connectivity index (χ0v) is 12.2. The molecule has 3 aromatic rings. The van der Waals surface area contributed by atoms with Gasteiger partial charge in [-0.1, -0.05) is 23.2 Å². The molecule has 0 aliphatic heterocycles. The summed E-state index contributed by atoms with van der Waals surface area (Å²) in [4.78, 5) is 7.12. The Bertz CT molecular complexity index is 877. The lowest BCUT2D eigenvalue weighted by atomic mass is 10.1. The molecule has 3 N–H and O–H groups in total. The fourth-order valence-corrected chi connectivity index (χ4v) is 2.44.